The summed E-state index contributed by atoms with van der Waals surface area (Å²) in [7, 11) is 1.59. The molecule has 1 aliphatic heterocycles. The van der Waals surface area contributed by atoms with Crippen LogP contribution in [0.3, 0.4) is 0 Å². The zero-order valence-corrected chi connectivity index (χ0v) is 18.0. The highest BCUT2D eigenvalue weighted by atomic mass is 16.5. The van der Waals surface area contributed by atoms with Crippen LogP contribution in [-0.2, 0) is 0 Å². The van der Waals surface area contributed by atoms with Crippen LogP contribution in [0.1, 0.15) is 49.0 Å². The molecular weight excluding hydrogens is 394 g/mol. The van der Waals surface area contributed by atoms with E-state index >= 15 is 0 Å². The van der Waals surface area contributed by atoms with E-state index in [1.54, 1.807) is 43.6 Å². The first kappa shape index (κ1) is 21.0. The molecule has 8 nitrogen and oxygen atoms in total. The minimum absolute atomic E-state index is 0.180. The van der Waals surface area contributed by atoms with Crippen molar-refractivity contribution in [3.05, 3.63) is 54.0 Å². The monoisotopic (exact) mass is 421 g/mol. The molecule has 1 fully saturated rings. The van der Waals surface area contributed by atoms with E-state index in [9.17, 15) is 4.79 Å². The molecule has 8 heteroatoms. The lowest BCUT2D eigenvalue weighted by atomic mass is 10.1. The highest BCUT2D eigenvalue weighted by Gasteiger charge is 2.31. The van der Waals surface area contributed by atoms with Crippen LogP contribution < -0.4 is 10.1 Å². The van der Waals surface area contributed by atoms with Gasteiger partial charge in [0.15, 0.2) is 0 Å². The van der Waals surface area contributed by atoms with E-state index in [4.69, 9.17) is 9.26 Å². The Morgan fingerprint density at radius 2 is 2.06 bits per heavy atom. The molecule has 3 aromatic rings. The lowest BCUT2D eigenvalue weighted by Gasteiger charge is -2.23. The van der Waals surface area contributed by atoms with Crippen molar-refractivity contribution in [3.63, 3.8) is 0 Å². The van der Waals surface area contributed by atoms with Crippen molar-refractivity contribution in [2.45, 2.75) is 32.7 Å². The number of amides is 1. The Labute approximate surface area is 181 Å². The van der Waals surface area contributed by atoms with E-state index in [-0.39, 0.29) is 11.9 Å². The number of carbonyl (C=O) groups excluding carboxylic acids is 1. The average Bonchev–Trinajstić information content (AvgIpc) is 3.43. The minimum atomic E-state index is -0.240. The normalized spacial score (nSPS) is 16.6. The van der Waals surface area contributed by atoms with Gasteiger partial charge in [-0.25, -0.2) is 4.98 Å². The van der Waals surface area contributed by atoms with Gasteiger partial charge in [0, 0.05) is 23.9 Å². The molecule has 2 aromatic heterocycles. The van der Waals surface area contributed by atoms with E-state index < -0.39 is 0 Å². The summed E-state index contributed by atoms with van der Waals surface area (Å²) >= 11 is 0. The SMILES string of the molecule is COc1ccc(C(=O)Nc2ccc(-c3noc(C4CCCN4CC(C)C)n3)cn2)cc1. The van der Waals surface area contributed by atoms with Gasteiger partial charge in [-0.05, 0) is 61.7 Å². The van der Waals surface area contributed by atoms with Gasteiger partial charge in [-0.1, -0.05) is 19.0 Å². The molecule has 0 radical (unpaired) electrons. The summed E-state index contributed by atoms with van der Waals surface area (Å²) < 4.78 is 10.7. The van der Waals surface area contributed by atoms with Crippen molar-refractivity contribution in [2.75, 3.05) is 25.5 Å². The molecule has 3 heterocycles. The van der Waals surface area contributed by atoms with Gasteiger partial charge in [0.1, 0.15) is 11.6 Å². The third-order valence-corrected chi connectivity index (χ3v) is 5.31. The highest BCUT2D eigenvalue weighted by molar-refractivity contribution is 6.03. The maximum Gasteiger partial charge on any atom is 0.256 e. The molecular formula is C23H27N5O3. The number of rotatable bonds is 7. The van der Waals surface area contributed by atoms with Crippen molar-refractivity contribution in [3.8, 4) is 17.1 Å². The molecule has 0 aliphatic carbocycles. The summed E-state index contributed by atoms with van der Waals surface area (Å²) in [4.78, 5) is 23.7. The molecule has 31 heavy (non-hydrogen) atoms. The van der Waals surface area contributed by atoms with Gasteiger partial charge in [-0.15, -0.1) is 0 Å². The molecule has 1 atom stereocenters. The third-order valence-electron chi connectivity index (χ3n) is 5.31. The standard InChI is InChI=1S/C23H27N5O3/c1-15(2)14-28-12-4-5-19(28)23-26-21(27-31-23)17-8-11-20(24-13-17)25-22(29)16-6-9-18(30-3)10-7-16/h6-11,13,15,19H,4-5,12,14H2,1-3H3,(H,24,25,29). The van der Waals surface area contributed by atoms with E-state index in [1.807, 2.05) is 6.07 Å². The van der Waals surface area contributed by atoms with Crippen molar-refractivity contribution < 1.29 is 14.1 Å². The zero-order chi connectivity index (χ0) is 21.8. The van der Waals surface area contributed by atoms with E-state index in [2.05, 4.69) is 39.2 Å². The molecule has 0 saturated carbocycles. The topological polar surface area (TPSA) is 93.4 Å². The van der Waals surface area contributed by atoms with Gasteiger partial charge in [0.25, 0.3) is 5.91 Å². The zero-order valence-electron chi connectivity index (χ0n) is 18.0. The summed E-state index contributed by atoms with van der Waals surface area (Å²) in [6.07, 6.45) is 3.81. The summed E-state index contributed by atoms with van der Waals surface area (Å²) in [5.74, 6) is 2.66. The van der Waals surface area contributed by atoms with Gasteiger partial charge in [-0.2, -0.15) is 4.98 Å². The summed E-state index contributed by atoms with van der Waals surface area (Å²) in [5, 5.41) is 6.93. The number of nitrogens with zero attached hydrogens (tertiary/aromatic N) is 4. The predicted octanol–water partition coefficient (Wildman–Crippen LogP) is 4.19. The molecule has 4 rings (SSSR count). The molecule has 1 aromatic carbocycles. The fraction of sp³-hybridized carbons (Fsp3) is 0.391. The van der Waals surface area contributed by atoms with Gasteiger partial charge >= 0.3 is 0 Å². The van der Waals surface area contributed by atoms with E-state index in [1.165, 1.54) is 0 Å². The molecule has 1 N–H and O–H groups in total. The number of nitrogens with one attached hydrogen (secondary N) is 1. The van der Waals surface area contributed by atoms with Crippen LogP contribution in [-0.4, -0.2) is 46.1 Å². The molecule has 0 bridgehead atoms. The van der Waals surface area contributed by atoms with Crippen LogP contribution >= 0.6 is 0 Å². The molecule has 162 valence electrons. The number of hydrogen-bond acceptors (Lipinski definition) is 7. The summed E-state index contributed by atoms with van der Waals surface area (Å²) in [6.45, 7) is 6.52. The Morgan fingerprint density at radius 3 is 2.74 bits per heavy atom. The smallest absolute Gasteiger partial charge is 0.256 e. The maximum atomic E-state index is 12.4. The summed E-state index contributed by atoms with van der Waals surface area (Å²) in [6, 6.07) is 10.6. The largest absolute Gasteiger partial charge is 0.497 e. The van der Waals surface area contributed by atoms with E-state index in [0.29, 0.717) is 34.8 Å². The Hall–Kier alpha value is -3.26. The maximum absolute atomic E-state index is 12.4. The second kappa shape index (κ2) is 9.26. The van der Waals surface area contributed by atoms with Crippen LogP contribution in [0.5, 0.6) is 5.75 Å². The number of likely N-dealkylation sites (tertiary alicyclic amines) is 1. The molecule has 1 amide bonds. The first-order chi connectivity index (χ1) is 15.0. The van der Waals surface area contributed by atoms with Crippen molar-refractivity contribution >= 4 is 11.7 Å². The lowest BCUT2D eigenvalue weighted by Crippen LogP contribution is -2.27. The van der Waals surface area contributed by atoms with Crippen molar-refractivity contribution in [1.29, 1.82) is 0 Å². The number of anilines is 1. The van der Waals surface area contributed by atoms with Gasteiger partial charge in [0.05, 0.1) is 13.2 Å². The van der Waals surface area contributed by atoms with Crippen LogP contribution in [0.2, 0.25) is 0 Å². The fourth-order valence-electron chi connectivity index (χ4n) is 3.81. The number of ether oxygens (including phenoxy) is 1. The lowest BCUT2D eigenvalue weighted by molar-refractivity contribution is 0.102. The fourth-order valence-corrected chi connectivity index (χ4v) is 3.81. The van der Waals surface area contributed by atoms with Crippen LogP contribution in [0.25, 0.3) is 11.4 Å². The first-order valence-electron chi connectivity index (χ1n) is 10.5. The number of benzene rings is 1. The van der Waals surface area contributed by atoms with Gasteiger partial charge in [-0.3, -0.25) is 9.69 Å². The Kier molecular flexibility index (Phi) is 6.27. The Balaban J connectivity index is 1.42. The van der Waals surface area contributed by atoms with Crippen molar-refractivity contribution in [2.24, 2.45) is 5.92 Å². The number of hydrogen-bond donors (Lipinski definition) is 1. The van der Waals surface area contributed by atoms with Crippen LogP contribution in [0, 0.1) is 5.92 Å². The quantitative estimate of drug-likeness (QED) is 0.611. The van der Waals surface area contributed by atoms with Crippen LogP contribution in [0.15, 0.2) is 47.1 Å². The second-order valence-corrected chi connectivity index (χ2v) is 8.12. The highest BCUT2D eigenvalue weighted by Crippen LogP contribution is 2.32. The number of pyridine rings is 1. The first-order valence-corrected chi connectivity index (χ1v) is 10.5. The van der Waals surface area contributed by atoms with E-state index in [0.717, 1.165) is 31.5 Å². The van der Waals surface area contributed by atoms with Gasteiger partial charge < -0.3 is 14.6 Å². The minimum Gasteiger partial charge on any atom is -0.497 e. The average molecular weight is 422 g/mol. The van der Waals surface area contributed by atoms with Crippen LogP contribution in [0.4, 0.5) is 5.82 Å². The predicted molar refractivity (Wildman–Crippen MR) is 117 cm³/mol. The molecule has 1 saturated heterocycles. The van der Waals surface area contributed by atoms with Gasteiger partial charge in [0.2, 0.25) is 11.7 Å². The molecule has 1 aliphatic rings. The molecule has 0 spiro atoms. The Bertz CT molecular complexity index is 1010. The second-order valence-electron chi connectivity index (χ2n) is 8.12. The molecule has 1 unspecified atom stereocenters. The third kappa shape index (κ3) is 4.91. The number of carbonyl (C=O) groups is 1. The summed E-state index contributed by atoms with van der Waals surface area (Å²) in [5.41, 5.74) is 1.27. The number of aromatic nitrogens is 3. The number of methoxy groups -OCH3 is 1. The Morgan fingerprint density at radius 1 is 1.26 bits per heavy atom. The van der Waals surface area contributed by atoms with Crippen molar-refractivity contribution in [1.82, 2.24) is 20.0 Å².